The number of esters is 1. The van der Waals surface area contributed by atoms with Crippen LogP contribution in [0.25, 0.3) is 0 Å². The molecule has 0 spiro atoms. The molecule has 0 aromatic heterocycles. The molecule has 0 saturated carbocycles. The summed E-state index contributed by atoms with van der Waals surface area (Å²) in [7, 11) is 7.64. The number of dihydropyridines is 1. The molecular weight excluding hydrogens is 462 g/mol. The number of ketones is 1. The molecule has 0 unspecified atom stereocenters. The van der Waals surface area contributed by atoms with E-state index in [4.69, 9.17) is 23.7 Å². The summed E-state index contributed by atoms with van der Waals surface area (Å²) in [6.07, 6.45) is 0.902. The number of Topliss-reactive ketones (excluding diaryl/α,β-unsaturated/α-hetero) is 1. The fourth-order valence-electron chi connectivity index (χ4n) is 5.13. The van der Waals surface area contributed by atoms with Crippen LogP contribution < -0.4 is 24.3 Å². The van der Waals surface area contributed by atoms with E-state index in [1.165, 1.54) is 7.11 Å². The summed E-state index contributed by atoms with van der Waals surface area (Å²) < 4.78 is 26.8. The van der Waals surface area contributed by atoms with Crippen molar-refractivity contribution in [1.82, 2.24) is 5.32 Å². The van der Waals surface area contributed by atoms with Gasteiger partial charge in [-0.05, 0) is 54.7 Å². The maximum Gasteiger partial charge on any atom is 0.336 e. The molecule has 0 bridgehead atoms. The maximum atomic E-state index is 13.7. The predicted octanol–water partition coefficient (Wildman–Crippen LogP) is 4.26. The third-order valence-electron chi connectivity index (χ3n) is 6.85. The average Bonchev–Trinajstić information content (AvgIpc) is 2.90. The fourth-order valence-corrected chi connectivity index (χ4v) is 5.13. The predicted molar refractivity (Wildman–Crippen MR) is 134 cm³/mol. The zero-order valence-corrected chi connectivity index (χ0v) is 21.4. The van der Waals surface area contributed by atoms with Gasteiger partial charge in [0.25, 0.3) is 0 Å². The van der Waals surface area contributed by atoms with Gasteiger partial charge in [-0.2, -0.15) is 0 Å². The van der Waals surface area contributed by atoms with Gasteiger partial charge < -0.3 is 29.0 Å². The molecule has 2 aromatic carbocycles. The maximum absolute atomic E-state index is 13.7. The molecule has 1 heterocycles. The van der Waals surface area contributed by atoms with Crippen molar-refractivity contribution in [1.29, 1.82) is 0 Å². The van der Waals surface area contributed by atoms with E-state index in [1.54, 1.807) is 34.5 Å². The van der Waals surface area contributed by atoms with Crippen LogP contribution in [-0.2, 0) is 14.3 Å². The molecule has 1 aliphatic carbocycles. The number of methoxy groups -OCH3 is 5. The number of allylic oxidation sites excluding steroid dienone is 3. The lowest BCUT2D eigenvalue weighted by Gasteiger charge is -2.36. The Morgan fingerprint density at radius 1 is 0.806 bits per heavy atom. The number of nitrogens with one attached hydrogen (secondary N) is 1. The number of ether oxygens (including phenoxy) is 5. The molecule has 2 aromatic rings. The van der Waals surface area contributed by atoms with Gasteiger partial charge in [0.2, 0.25) is 0 Å². The van der Waals surface area contributed by atoms with E-state index in [9.17, 15) is 9.59 Å². The minimum atomic E-state index is -0.590. The largest absolute Gasteiger partial charge is 0.493 e. The molecule has 2 atom stereocenters. The van der Waals surface area contributed by atoms with Crippen molar-refractivity contribution in [2.24, 2.45) is 0 Å². The van der Waals surface area contributed by atoms with Crippen molar-refractivity contribution in [3.05, 3.63) is 70.1 Å². The molecule has 0 saturated heterocycles. The molecule has 4 rings (SSSR count). The molecule has 0 radical (unpaired) electrons. The first-order valence-corrected chi connectivity index (χ1v) is 11.6. The number of carbonyl (C=O) groups is 2. The van der Waals surface area contributed by atoms with E-state index in [0.717, 1.165) is 16.8 Å². The van der Waals surface area contributed by atoms with Gasteiger partial charge >= 0.3 is 5.97 Å². The lowest BCUT2D eigenvalue weighted by Crippen LogP contribution is -2.36. The highest BCUT2D eigenvalue weighted by molar-refractivity contribution is 6.04. The Hall–Kier alpha value is -3.94. The second-order valence-corrected chi connectivity index (χ2v) is 8.74. The molecule has 8 nitrogen and oxygen atoms in total. The summed E-state index contributed by atoms with van der Waals surface area (Å²) >= 11 is 0. The van der Waals surface area contributed by atoms with Crippen LogP contribution >= 0.6 is 0 Å². The molecule has 190 valence electrons. The highest BCUT2D eigenvalue weighted by Crippen LogP contribution is 2.47. The van der Waals surface area contributed by atoms with Crippen molar-refractivity contribution in [3.8, 4) is 23.0 Å². The lowest BCUT2D eigenvalue weighted by molar-refractivity contribution is -0.136. The van der Waals surface area contributed by atoms with E-state index in [0.29, 0.717) is 52.7 Å². The molecule has 1 N–H and O–H groups in total. The molecule has 36 heavy (non-hydrogen) atoms. The minimum Gasteiger partial charge on any atom is -0.493 e. The first kappa shape index (κ1) is 25.2. The fraction of sp³-hybridized carbons (Fsp3) is 0.357. The normalized spacial score (nSPS) is 19.3. The van der Waals surface area contributed by atoms with E-state index in [1.807, 2.05) is 37.3 Å². The summed E-state index contributed by atoms with van der Waals surface area (Å²) in [5.74, 6) is 1.17. The number of carbonyl (C=O) groups excluding carboxylic acids is 2. The van der Waals surface area contributed by atoms with Crippen LogP contribution in [-0.4, -0.2) is 47.3 Å². The lowest BCUT2D eigenvalue weighted by atomic mass is 9.71. The van der Waals surface area contributed by atoms with Crippen LogP contribution in [0.4, 0.5) is 0 Å². The number of rotatable bonds is 7. The van der Waals surface area contributed by atoms with Gasteiger partial charge in [0.15, 0.2) is 28.8 Å². The van der Waals surface area contributed by atoms with Gasteiger partial charge in [0.05, 0.1) is 41.1 Å². The number of hydrogen-bond donors (Lipinski definition) is 1. The third kappa shape index (κ3) is 4.39. The summed E-state index contributed by atoms with van der Waals surface area (Å²) in [6, 6.07) is 11.2. The molecule has 0 fully saturated rings. The Morgan fingerprint density at radius 3 is 1.92 bits per heavy atom. The number of benzene rings is 2. The Bertz CT molecular complexity index is 1260. The highest BCUT2D eigenvalue weighted by Gasteiger charge is 2.41. The minimum absolute atomic E-state index is 0.0303. The smallest absolute Gasteiger partial charge is 0.336 e. The van der Waals surface area contributed by atoms with Gasteiger partial charge in [0.1, 0.15) is 0 Å². The van der Waals surface area contributed by atoms with Crippen LogP contribution in [0.1, 0.15) is 42.7 Å². The standard InChI is InChI=1S/C28H31NO7/c1-15-25(28(31)36-6)26(17-8-10-22(33-3)24(14-17)35-5)27-19(29-15)11-18(12-20(27)30)16-7-9-21(32-2)23(13-16)34-4/h7-10,13-14,18,26,29H,11-12H2,1-6H3/t18-,26-/m0/s1. The zero-order chi connectivity index (χ0) is 26.0. The van der Waals surface area contributed by atoms with Gasteiger partial charge in [-0.1, -0.05) is 12.1 Å². The van der Waals surface area contributed by atoms with Crippen LogP contribution in [0.2, 0.25) is 0 Å². The summed E-state index contributed by atoms with van der Waals surface area (Å²) in [4.78, 5) is 26.6. The first-order valence-electron chi connectivity index (χ1n) is 11.6. The summed E-state index contributed by atoms with van der Waals surface area (Å²) in [5, 5.41) is 3.34. The van der Waals surface area contributed by atoms with E-state index >= 15 is 0 Å². The SMILES string of the molecule is COC(=O)C1=C(C)NC2=C(C(=O)C[C@@H](c3ccc(OC)c(OC)c3)C2)[C@H]1c1ccc(OC)c(OC)c1. The first-order chi connectivity index (χ1) is 17.4. The van der Waals surface area contributed by atoms with Gasteiger partial charge in [-0.15, -0.1) is 0 Å². The number of hydrogen-bond acceptors (Lipinski definition) is 8. The highest BCUT2D eigenvalue weighted by atomic mass is 16.5. The summed E-state index contributed by atoms with van der Waals surface area (Å²) in [6.45, 7) is 1.83. The van der Waals surface area contributed by atoms with Crippen LogP contribution in [0.5, 0.6) is 23.0 Å². The van der Waals surface area contributed by atoms with Crippen molar-refractivity contribution in [2.75, 3.05) is 35.5 Å². The molecule has 8 heteroatoms. The second-order valence-electron chi connectivity index (χ2n) is 8.74. The van der Waals surface area contributed by atoms with Crippen LogP contribution in [0.3, 0.4) is 0 Å². The Balaban J connectivity index is 1.80. The molecule has 2 aliphatic rings. The Kier molecular flexibility index (Phi) is 7.24. The monoisotopic (exact) mass is 493 g/mol. The van der Waals surface area contributed by atoms with Gasteiger partial charge in [-0.3, -0.25) is 4.79 Å². The van der Waals surface area contributed by atoms with Gasteiger partial charge in [-0.25, -0.2) is 4.79 Å². The molecule has 1 aliphatic heterocycles. The quantitative estimate of drug-likeness (QED) is 0.572. The molecular formula is C28H31NO7. The van der Waals surface area contributed by atoms with Crippen molar-refractivity contribution < 1.29 is 33.3 Å². The van der Waals surface area contributed by atoms with Crippen molar-refractivity contribution in [2.45, 2.75) is 31.6 Å². The van der Waals surface area contributed by atoms with E-state index < -0.39 is 11.9 Å². The average molecular weight is 494 g/mol. The topological polar surface area (TPSA) is 92.3 Å². The van der Waals surface area contributed by atoms with E-state index in [2.05, 4.69) is 5.32 Å². The van der Waals surface area contributed by atoms with E-state index in [-0.39, 0.29) is 11.7 Å². The van der Waals surface area contributed by atoms with Gasteiger partial charge in [0, 0.05) is 29.3 Å². The zero-order valence-electron chi connectivity index (χ0n) is 21.4. The van der Waals surface area contributed by atoms with Crippen molar-refractivity contribution in [3.63, 3.8) is 0 Å². The third-order valence-corrected chi connectivity index (χ3v) is 6.85. The van der Waals surface area contributed by atoms with Crippen LogP contribution in [0.15, 0.2) is 58.9 Å². The summed E-state index contributed by atoms with van der Waals surface area (Å²) in [5.41, 5.74) is 4.17. The second kappa shape index (κ2) is 10.4. The Morgan fingerprint density at radius 2 is 1.36 bits per heavy atom. The molecule has 0 amide bonds. The van der Waals surface area contributed by atoms with Crippen LogP contribution in [0, 0.1) is 0 Å². The van der Waals surface area contributed by atoms with Crippen molar-refractivity contribution >= 4 is 11.8 Å². The Labute approximate surface area is 210 Å².